The number of aliphatic hydroxyl groups is 2. The van der Waals surface area contributed by atoms with Gasteiger partial charge in [-0.1, -0.05) is 6.07 Å². The molecule has 2 atom stereocenters. The van der Waals surface area contributed by atoms with E-state index in [2.05, 4.69) is 10.6 Å². The van der Waals surface area contributed by atoms with Crippen molar-refractivity contribution in [1.29, 1.82) is 0 Å². The molecule has 30 heavy (non-hydrogen) atoms. The van der Waals surface area contributed by atoms with Crippen LogP contribution in [0.1, 0.15) is 24.8 Å². The van der Waals surface area contributed by atoms with Crippen molar-refractivity contribution in [2.45, 2.75) is 37.6 Å². The predicted octanol–water partition coefficient (Wildman–Crippen LogP) is 0.494. The Morgan fingerprint density at radius 3 is 2.37 bits per heavy atom. The number of carbonyl (C=O) groups is 3. The lowest BCUT2D eigenvalue weighted by Gasteiger charge is -2.38. The second kappa shape index (κ2) is 8.23. The summed E-state index contributed by atoms with van der Waals surface area (Å²) < 4.78 is 38.3. The smallest absolute Gasteiger partial charge is 0.380 e. The summed E-state index contributed by atoms with van der Waals surface area (Å²) in [5.41, 5.74) is -1.76. The summed E-state index contributed by atoms with van der Waals surface area (Å²) in [7, 11) is 0. The number of halogens is 3. The van der Waals surface area contributed by atoms with Crippen LogP contribution >= 0.6 is 0 Å². The molecule has 1 aromatic carbocycles. The third kappa shape index (κ3) is 4.41. The van der Waals surface area contributed by atoms with Crippen LogP contribution in [0.2, 0.25) is 0 Å². The summed E-state index contributed by atoms with van der Waals surface area (Å²) in [4.78, 5) is 37.8. The fraction of sp³-hybridized carbons (Fsp3) is 0.526. The van der Waals surface area contributed by atoms with E-state index in [9.17, 15) is 37.8 Å². The first-order valence-electron chi connectivity index (χ1n) is 9.45. The van der Waals surface area contributed by atoms with Crippen LogP contribution in [0.4, 0.5) is 18.9 Å². The zero-order valence-electron chi connectivity index (χ0n) is 15.9. The van der Waals surface area contributed by atoms with Gasteiger partial charge in [0.25, 0.3) is 11.8 Å². The normalized spacial score (nSPS) is 20.6. The SMILES string of the molecule is O=C(Nc1cccc(C(F)(F)F)c1)[C@@H](O)[C@H](O)C(=O)N1CCC2(CCNC2=O)CC1. The molecule has 0 saturated carbocycles. The molecule has 0 aliphatic carbocycles. The first-order valence-corrected chi connectivity index (χ1v) is 9.45. The van der Waals surface area contributed by atoms with Crippen LogP contribution in [-0.4, -0.2) is 64.7 Å². The number of aliphatic hydroxyl groups excluding tert-OH is 2. The number of likely N-dealkylation sites (tertiary alicyclic amines) is 1. The molecule has 2 aliphatic rings. The Bertz CT molecular complexity index is 837. The Labute approximate surface area is 170 Å². The van der Waals surface area contributed by atoms with Gasteiger partial charge in [-0.2, -0.15) is 13.2 Å². The van der Waals surface area contributed by atoms with Crippen LogP contribution in [0.25, 0.3) is 0 Å². The molecular formula is C19H22F3N3O5. The Hall–Kier alpha value is -2.66. The van der Waals surface area contributed by atoms with Crippen LogP contribution < -0.4 is 10.6 Å². The lowest BCUT2D eigenvalue weighted by molar-refractivity contribution is -0.154. The zero-order chi connectivity index (χ0) is 22.1. The van der Waals surface area contributed by atoms with Crippen molar-refractivity contribution in [3.63, 3.8) is 0 Å². The number of anilines is 1. The summed E-state index contributed by atoms with van der Waals surface area (Å²) in [5, 5.41) is 25.0. The van der Waals surface area contributed by atoms with Crippen LogP contribution in [-0.2, 0) is 20.6 Å². The van der Waals surface area contributed by atoms with Crippen LogP contribution in [0.3, 0.4) is 0 Å². The second-order valence-electron chi connectivity index (χ2n) is 7.57. The van der Waals surface area contributed by atoms with E-state index < -0.39 is 41.2 Å². The summed E-state index contributed by atoms with van der Waals surface area (Å²) >= 11 is 0. The van der Waals surface area contributed by atoms with Gasteiger partial charge in [0, 0.05) is 25.3 Å². The van der Waals surface area contributed by atoms with Gasteiger partial charge in [0.15, 0.2) is 12.2 Å². The molecule has 0 unspecified atom stereocenters. The summed E-state index contributed by atoms with van der Waals surface area (Å²) in [6.45, 7) is 0.945. The minimum absolute atomic E-state index is 0.0596. The molecule has 2 fully saturated rings. The molecule has 164 valence electrons. The highest BCUT2D eigenvalue weighted by Gasteiger charge is 2.46. The third-order valence-corrected chi connectivity index (χ3v) is 5.68. The van der Waals surface area contributed by atoms with Crippen molar-refractivity contribution >= 4 is 23.4 Å². The predicted molar refractivity (Wildman–Crippen MR) is 98.0 cm³/mol. The molecule has 0 bridgehead atoms. The number of rotatable bonds is 4. The van der Waals surface area contributed by atoms with E-state index in [0.29, 0.717) is 31.9 Å². The molecule has 0 radical (unpaired) electrons. The van der Waals surface area contributed by atoms with Gasteiger partial charge in [0.1, 0.15) is 0 Å². The van der Waals surface area contributed by atoms with Crippen molar-refractivity contribution in [3.8, 4) is 0 Å². The molecular weight excluding hydrogens is 407 g/mol. The molecule has 2 saturated heterocycles. The van der Waals surface area contributed by atoms with E-state index >= 15 is 0 Å². The fourth-order valence-corrected chi connectivity index (χ4v) is 3.80. The lowest BCUT2D eigenvalue weighted by atomic mass is 9.77. The molecule has 8 nitrogen and oxygen atoms in total. The number of nitrogens with one attached hydrogen (secondary N) is 2. The highest BCUT2D eigenvalue weighted by Crippen LogP contribution is 2.38. The van der Waals surface area contributed by atoms with Gasteiger partial charge in [0.05, 0.1) is 11.0 Å². The van der Waals surface area contributed by atoms with Gasteiger partial charge < -0.3 is 25.7 Å². The molecule has 2 heterocycles. The van der Waals surface area contributed by atoms with Gasteiger partial charge in [0.2, 0.25) is 5.91 Å². The van der Waals surface area contributed by atoms with Crippen molar-refractivity contribution in [2.24, 2.45) is 5.41 Å². The molecule has 0 aromatic heterocycles. The van der Waals surface area contributed by atoms with E-state index in [1.165, 1.54) is 11.0 Å². The maximum absolute atomic E-state index is 12.8. The van der Waals surface area contributed by atoms with Crippen molar-refractivity contribution < 1.29 is 37.8 Å². The summed E-state index contributed by atoms with van der Waals surface area (Å²) in [6, 6.07) is 3.76. The standard InChI is InChI=1S/C19H22F3N3O5/c20-19(21,22)11-2-1-3-12(10-11)24-15(28)13(26)14(27)16(29)25-8-5-18(6-9-25)4-7-23-17(18)30/h1-3,10,13-14,26-27H,4-9H2,(H,23,30)(H,24,28)/t13-,14-/m0/s1. The maximum Gasteiger partial charge on any atom is 0.416 e. The average molecular weight is 429 g/mol. The Morgan fingerprint density at radius 1 is 1.13 bits per heavy atom. The van der Waals surface area contributed by atoms with Crippen molar-refractivity contribution in [3.05, 3.63) is 29.8 Å². The number of alkyl halides is 3. The minimum Gasteiger partial charge on any atom is -0.380 e. The first-order chi connectivity index (χ1) is 14.0. The van der Waals surface area contributed by atoms with Crippen LogP contribution in [0, 0.1) is 5.41 Å². The maximum atomic E-state index is 12.8. The highest BCUT2D eigenvalue weighted by molar-refractivity contribution is 5.98. The number of piperidine rings is 1. The summed E-state index contributed by atoms with van der Waals surface area (Å²) in [6.07, 6.45) is -7.39. The van der Waals surface area contributed by atoms with E-state index in [-0.39, 0.29) is 24.7 Å². The van der Waals surface area contributed by atoms with Gasteiger partial charge in [-0.15, -0.1) is 0 Å². The van der Waals surface area contributed by atoms with Crippen LogP contribution in [0.15, 0.2) is 24.3 Å². The first kappa shape index (κ1) is 22.0. The molecule has 3 rings (SSSR count). The molecule has 11 heteroatoms. The monoisotopic (exact) mass is 429 g/mol. The topological polar surface area (TPSA) is 119 Å². The second-order valence-corrected chi connectivity index (χ2v) is 7.57. The quantitative estimate of drug-likeness (QED) is 0.556. The lowest BCUT2D eigenvalue weighted by Crippen LogP contribution is -2.53. The fourth-order valence-electron chi connectivity index (χ4n) is 3.80. The number of amides is 3. The molecule has 1 spiro atoms. The minimum atomic E-state index is -4.61. The number of nitrogens with zero attached hydrogens (tertiary/aromatic N) is 1. The van der Waals surface area contributed by atoms with Gasteiger partial charge in [-0.05, 0) is 37.5 Å². The van der Waals surface area contributed by atoms with Crippen molar-refractivity contribution in [2.75, 3.05) is 25.0 Å². The van der Waals surface area contributed by atoms with E-state index in [1.54, 1.807) is 0 Å². The van der Waals surface area contributed by atoms with E-state index in [1.807, 2.05) is 0 Å². The van der Waals surface area contributed by atoms with Gasteiger partial charge in [-0.3, -0.25) is 14.4 Å². The number of hydrogen-bond acceptors (Lipinski definition) is 5. The Balaban J connectivity index is 1.58. The molecule has 1 aromatic rings. The molecule has 3 amide bonds. The van der Waals surface area contributed by atoms with Gasteiger partial charge in [-0.25, -0.2) is 0 Å². The Kier molecular flexibility index (Phi) is 6.04. The average Bonchev–Trinajstić information content (AvgIpc) is 3.06. The van der Waals surface area contributed by atoms with Crippen LogP contribution in [0.5, 0.6) is 0 Å². The number of benzene rings is 1. The summed E-state index contributed by atoms with van der Waals surface area (Å²) in [5.74, 6) is -2.15. The third-order valence-electron chi connectivity index (χ3n) is 5.68. The van der Waals surface area contributed by atoms with Crippen molar-refractivity contribution in [1.82, 2.24) is 10.2 Å². The Morgan fingerprint density at radius 2 is 1.80 bits per heavy atom. The largest absolute Gasteiger partial charge is 0.416 e. The molecule has 2 aliphatic heterocycles. The van der Waals surface area contributed by atoms with E-state index in [0.717, 1.165) is 12.1 Å². The highest BCUT2D eigenvalue weighted by atomic mass is 19.4. The molecule has 4 N–H and O–H groups in total. The number of carbonyl (C=O) groups excluding carboxylic acids is 3. The van der Waals surface area contributed by atoms with Gasteiger partial charge >= 0.3 is 6.18 Å². The number of hydrogen-bond donors (Lipinski definition) is 4. The van der Waals surface area contributed by atoms with E-state index in [4.69, 9.17) is 0 Å². The zero-order valence-corrected chi connectivity index (χ0v) is 15.9.